The molecule has 0 aliphatic rings. The molecular weight excluding hydrogens is 655 g/mol. The number of fused-ring (bicyclic) bond motifs is 1. The van der Waals surface area contributed by atoms with Crippen LogP contribution in [0.15, 0.2) is 104 Å². The van der Waals surface area contributed by atoms with Crippen molar-refractivity contribution in [2.24, 2.45) is 5.10 Å². The Labute approximate surface area is 244 Å². The van der Waals surface area contributed by atoms with Gasteiger partial charge in [-0.15, -0.1) is 0 Å². The summed E-state index contributed by atoms with van der Waals surface area (Å²) in [6, 6.07) is 24.7. The molecule has 1 N–H and O–H groups in total. The second kappa shape index (κ2) is 11.2. The van der Waals surface area contributed by atoms with Crippen molar-refractivity contribution in [3.05, 3.63) is 125 Å². The molecule has 0 radical (unpaired) electrons. The van der Waals surface area contributed by atoms with E-state index in [0.717, 1.165) is 10.0 Å². The molecule has 188 valence electrons. The molecule has 0 saturated heterocycles. The molecule has 1 aromatic heterocycles. The average Bonchev–Trinajstić information content (AvgIpc) is 2.91. The fourth-order valence-electron chi connectivity index (χ4n) is 3.82. The number of nitrogens with zero attached hydrogens (tertiary/aromatic N) is 3. The van der Waals surface area contributed by atoms with Gasteiger partial charge in [0.15, 0.2) is 0 Å². The quantitative estimate of drug-likeness (QED) is 0.154. The Balaban J connectivity index is 1.50. The van der Waals surface area contributed by atoms with Crippen LogP contribution in [0.2, 0.25) is 10.0 Å². The van der Waals surface area contributed by atoms with E-state index in [4.69, 9.17) is 28.2 Å². The second-order valence-electron chi connectivity index (χ2n) is 8.15. The summed E-state index contributed by atoms with van der Waals surface area (Å²) in [6.07, 6.45) is 1.47. The third-order valence-corrected chi connectivity index (χ3v) is 7.44. The maximum atomic E-state index is 13.7. The maximum Gasteiger partial charge on any atom is 0.271 e. The molecule has 6 nitrogen and oxygen atoms in total. The predicted molar refractivity (Wildman–Crippen MR) is 160 cm³/mol. The smallest absolute Gasteiger partial charge is 0.268 e. The molecule has 0 atom stereocenters. The molecule has 10 heteroatoms. The first-order valence-electron chi connectivity index (χ1n) is 11.2. The summed E-state index contributed by atoms with van der Waals surface area (Å²) < 4.78 is 3.00. The van der Waals surface area contributed by atoms with Crippen molar-refractivity contribution in [2.75, 3.05) is 0 Å². The highest BCUT2D eigenvalue weighted by Crippen LogP contribution is 2.29. The summed E-state index contributed by atoms with van der Waals surface area (Å²) in [4.78, 5) is 31.2. The highest BCUT2D eigenvalue weighted by atomic mass is 79.9. The first-order chi connectivity index (χ1) is 18.3. The van der Waals surface area contributed by atoms with Gasteiger partial charge in [0.2, 0.25) is 0 Å². The van der Waals surface area contributed by atoms with Crippen LogP contribution >= 0.6 is 55.1 Å². The second-order valence-corrected chi connectivity index (χ2v) is 10.7. The zero-order valence-electron chi connectivity index (χ0n) is 19.3. The van der Waals surface area contributed by atoms with E-state index in [-0.39, 0.29) is 5.56 Å². The summed E-state index contributed by atoms with van der Waals surface area (Å²) in [6.45, 7) is 0. The summed E-state index contributed by atoms with van der Waals surface area (Å²) in [5.41, 5.74) is 5.21. The fourth-order valence-corrected chi connectivity index (χ4v) is 5.44. The lowest BCUT2D eigenvalue weighted by molar-refractivity contribution is 0.0955. The van der Waals surface area contributed by atoms with Gasteiger partial charge in [-0.25, -0.2) is 10.4 Å². The third-order valence-electron chi connectivity index (χ3n) is 5.63. The number of rotatable bonds is 5. The molecule has 5 aromatic rings. The van der Waals surface area contributed by atoms with Crippen molar-refractivity contribution in [1.29, 1.82) is 0 Å². The van der Waals surface area contributed by atoms with Crippen LogP contribution in [-0.2, 0) is 0 Å². The molecule has 0 spiro atoms. The van der Waals surface area contributed by atoms with Crippen LogP contribution in [0.4, 0.5) is 0 Å². The molecule has 4 aromatic carbocycles. The Morgan fingerprint density at radius 3 is 2.37 bits per heavy atom. The van der Waals surface area contributed by atoms with E-state index in [0.29, 0.717) is 48.1 Å². The number of carbonyl (C=O) groups is 1. The Hall–Kier alpha value is -3.30. The lowest BCUT2D eigenvalue weighted by Gasteiger charge is -2.15. The number of amides is 1. The van der Waals surface area contributed by atoms with Gasteiger partial charge in [0, 0.05) is 20.1 Å². The van der Waals surface area contributed by atoms with Gasteiger partial charge >= 0.3 is 0 Å². The third kappa shape index (κ3) is 5.44. The SMILES string of the molecule is O=C(N/N=C/c1ccc(Cl)c(Cl)c1)c1ccc(-n2c(-c3ccccc3)nc3c(Br)cc(Br)cc3c2=O)cc1. The molecule has 1 heterocycles. The standard InChI is InChI=1S/C28H16Br2Cl2N4O2/c29-19-13-21-25(22(30)14-19)34-26(17-4-2-1-3-5-17)36(28(21)38)20-9-7-18(8-10-20)27(37)35-33-15-16-6-11-23(31)24(32)12-16/h1-15H,(H,35,37)/b33-15+. The minimum atomic E-state index is -0.409. The number of hydrogen-bond donors (Lipinski definition) is 1. The summed E-state index contributed by atoms with van der Waals surface area (Å²) in [7, 11) is 0. The van der Waals surface area contributed by atoms with Gasteiger partial charge in [-0.2, -0.15) is 5.10 Å². The van der Waals surface area contributed by atoms with E-state index in [1.54, 1.807) is 53.1 Å². The van der Waals surface area contributed by atoms with Crippen molar-refractivity contribution in [1.82, 2.24) is 15.0 Å². The number of benzene rings is 4. The van der Waals surface area contributed by atoms with Crippen LogP contribution in [0, 0.1) is 0 Å². The van der Waals surface area contributed by atoms with Crippen molar-refractivity contribution in [2.45, 2.75) is 0 Å². The molecule has 0 aliphatic heterocycles. The highest BCUT2D eigenvalue weighted by molar-refractivity contribution is 9.11. The van der Waals surface area contributed by atoms with Gasteiger partial charge in [-0.3, -0.25) is 14.2 Å². The van der Waals surface area contributed by atoms with E-state index in [2.05, 4.69) is 42.4 Å². The molecular formula is C28H16Br2Cl2N4O2. The van der Waals surface area contributed by atoms with Gasteiger partial charge in [-0.1, -0.05) is 75.5 Å². The number of hydrazone groups is 1. The van der Waals surface area contributed by atoms with Crippen molar-refractivity contribution < 1.29 is 4.79 Å². The zero-order valence-corrected chi connectivity index (χ0v) is 24.0. The normalized spacial score (nSPS) is 11.3. The Bertz CT molecular complexity index is 1770. The number of halogens is 4. The molecule has 0 unspecified atom stereocenters. The molecule has 5 rings (SSSR count). The summed E-state index contributed by atoms with van der Waals surface area (Å²) >= 11 is 18.9. The molecule has 1 amide bonds. The molecule has 38 heavy (non-hydrogen) atoms. The molecule has 0 saturated carbocycles. The van der Waals surface area contributed by atoms with Gasteiger partial charge < -0.3 is 0 Å². The minimum absolute atomic E-state index is 0.237. The Morgan fingerprint density at radius 1 is 0.921 bits per heavy atom. The van der Waals surface area contributed by atoms with Crippen LogP contribution in [-0.4, -0.2) is 21.7 Å². The molecule has 0 aliphatic carbocycles. The van der Waals surface area contributed by atoms with Gasteiger partial charge in [0.1, 0.15) is 5.82 Å². The van der Waals surface area contributed by atoms with Crippen molar-refractivity contribution >= 4 is 78.1 Å². The Kier molecular flexibility index (Phi) is 7.76. The van der Waals surface area contributed by atoms with Crippen LogP contribution in [0.25, 0.3) is 28.0 Å². The van der Waals surface area contributed by atoms with E-state index in [9.17, 15) is 9.59 Å². The van der Waals surface area contributed by atoms with E-state index >= 15 is 0 Å². The zero-order chi connectivity index (χ0) is 26.8. The number of nitrogens with one attached hydrogen (secondary N) is 1. The van der Waals surface area contributed by atoms with E-state index in [1.165, 1.54) is 6.21 Å². The van der Waals surface area contributed by atoms with Gasteiger partial charge in [0.05, 0.1) is 32.9 Å². The van der Waals surface area contributed by atoms with Crippen LogP contribution < -0.4 is 11.0 Å². The first kappa shape index (κ1) is 26.3. The fraction of sp³-hybridized carbons (Fsp3) is 0. The van der Waals surface area contributed by atoms with Gasteiger partial charge in [-0.05, 0) is 70.0 Å². The van der Waals surface area contributed by atoms with Crippen LogP contribution in [0.1, 0.15) is 15.9 Å². The molecule has 0 bridgehead atoms. The lowest BCUT2D eigenvalue weighted by Crippen LogP contribution is -2.22. The summed E-state index contributed by atoms with van der Waals surface area (Å²) in [5, 5.41) is 5.26. The van der Waals surface area contributed by atoms with Gasteiger partial charge in [0.25, 0.3) is 11.5 Å². The van der Waals surface area contributed by atoms with E-state index < -0.39 is 5.91 Å². The van der Waals surface area contributed by atoms with Crippen LogP contribution in [0.3, 0.4) is 0 Å². The average molecular weight is 671 g/mol. The minimum Gasteiger partial charge on any atom is -0.268 e. The lowest BCUT2D eigenvalue weighted by atomic mass is 10.1. The predicted octanol–water partition coefficient (Wildman–Crippen LogP) is 7.65. The van der Waals surface area contributed by atoms with Crippen LogP contribution in [0.5, 0.6) is 0 Å². The maximum absolute atomic E-state index is 13.7. The molecule has 0 fully saturated rings. The first-order valence-corrected chi connectivity index (χ1v) is 13.5. The number of aromatic nitrogens is 2. The topological polar surface area (TPSA) is 76.3 Å². The number of carbonyl (C=O) groups excluding carboxylic acids is 1. The highest BCUT2D eigenvalue weighted by Gasteiger charge is 2.17. The van der Waals surface area contributed by atoms with E-state index in [1.807, 2.05) is 36.4 Å². The Morgan fingerprint density at radius 2 is 1.66 bits per heavy atom. The largest absolute Gasteiger partial charge is 0.271 e. The van der Waals surface area contributed by atoms with Crippen molar-refractivity contribution in [3.63, 3.8) is 0 Å². The summed E-state index contributed by atoms with van der Waals surface area (Å²) in [5.74, 6) is 0.0718. The monoisotopic (exact) mass is 668 g/mol. The number of hydrogen-bond acceptors (Lipinski definition) is 4. The van der Waals surface area contributed by atoms with Crippen molar-refractivity contribution in [3.8, 4) is 17.1 Å².